The van der Waals surface area contributed by atoms with Gasteiger partial charge in [0.05, 0.1) is 0 Å². The highest BCUT2D eigenvalue weighted by atomic mass is 16.1. The molecule has 0 unspecified atom stereocenters. The molecule has 0 saturated heterocycles. The number of rotatable bonds is 16. The second-order valence-corrected chi connectivity index (χ2v) is 7.43. The Morgan fingerprint density at radius 1 is 0.893 bits per heavy atom. The molecule has 0 saturated carbocycles. The Bertz CT molecular complexity index is 560. The highest BCUT2D eigenvalue weighted by molar-refractivity contribution is 5.89. The lowest BCUT2D eigenvalue weighted by molar-refractivity contribution is -0.116. The molecule has 0 radical (unpaired) electrons. The van der Waals surface area contributed by atoms with E-state index in [-0.39, 0.29) is 5.91 Å². The quantitative estimate of drug-likeness (QED) is 0.238. The maximum atomic E-state index is 11.9. The molecular formula is C25H40N2O. The molecule has 1 heterocycles. The van der Waals surface area contributed by atoms with Crippen LogP contribution in [0.3, 0.4) is 0 Å². The van der Waals surface area contributed by atoms with Gasteiger partial charge in [-0.2, -0.15) is 0 Å². The molecule has 0 aliphatic heterocycles. The fraction of sp³-hybridized carbons (Fsp3) is 0.600. The molecule has 0 bridgehead atoms. The number of carbonyl (C=O) groups excluding carboxylic acids is 1. The molecule has 1 N–H and O–H groups in total. The molecule has 1 amide bonds. The van der Waals surface area contributed by atoms with Crippen molar-refractivity contribution in [1.29, 1.82) is 0 Å². The van der Waals surface area contributed by atoms with Gasteiger partial charge in [0.1, 0.15) is 5.82 Å². The van der Waals surface area contributed by atoms with E-state index in [2.05, 4.69) is 48.5 Å². The number of aromatic nitrogens is 1. The topological polar surface area (TPSA) is 42.0 Å². The van der Waals surface area contributed by atoms with Crippen molar-refractivity contribution in [3.8, 4) is 0 Å². The minimum Gasteiger partial charge on any atom is -0.311 e. The second kappa shape index (κ2) is 17.2. The SMILES string of the molecule is CCCCC/C=C\C/C=C\CCCCCCCC(=O)Nc1ccc(CC)cn1. The average molecular weight is 385 g/mol. The van der Waals surface area contributed by atoms with Crippen LogP contribution in [0, 0.1) is 0 Å². The number of pyridine rings is 1. The molecule has 3 heteroatoms. The van der Waals surface area contributed by atoms with Gasteiger partial charge in [0.25, 0.3) is 0 Å². The lowest BCUT2D eigenvalue weighted by Crippen LogP contribution is -2.12. The predicted molar refractivity (Wildman–Crippen MR) is 122 cm³/mol. The number of anilines is 1. The van der Waals surface area contributed by atoms with E-state index in [0.717, 1.165) is 25.7 Å². The summed E-state index contributed by atoms with van der Waals surface area (Å²) in [6, 6.07) is 3.90. The molecule has 0 aliphatic carbocycles. The van der Waals surface area contributed by atoms with E-state index in [1.54, 1.807) is 0 Å². The van der Waals surface area contributed by atoms with Crippen molar-refractivity contribution in [1.82, 2.24) is 4.98 Å². The summed E-state index contributed by atoms with van der Waals surface area (Å²) in [6.07, 6.45) is 25.8. The number of nitrogens with one attached hydrogen (secondary N) is 1. The minimum absolute atomic E-state index is 0.0717. The third-order valence-corrected chi connectivity index (χ3v) is 4.85. The van der Waals surface area contributed by atoms with Crippen LogP contribution in [0.1, 0.15) is 96.5 Å². The number of aryl methyl sites for hydroxylation is 1. The van der Waals surface area contributed by atoms with Gasteiger partial charge in [0, 0.05) is 12.6 Å². The van der Waals surface area contributed by atoms with Crippen molar-refractivity contribution < 1.29 is 4.79 Å². The van der Waals surface area contributed by atoms with Crippen molar-refractivity contribution in [3.63, 3.8) is 0 Å². The van der Waals surface area contributed by atoms with Crippen molar-refractivity contribution >= 4 is 11.7 Å². The van der Waals surface area contributed by atoms with Crippen molar-refractivity contribution in [2.45, 2.75) is 97.3 Å². The molecule has 28 heavy (non-hydrogen) atoms. The smallest absolute Gasteiger partial charge is 0.225 e. The Hall–Kier alpha value is -1.90. The summed E-state index contributed by atoms with van der Waals surface area (Å²) in [4.78, 5) is 16.2. The van der Waals surface area contributed by atoms with Crippen LogP contribution in [0.5, 0.6) is 0 Å². The number of amides is 1. The summed E-state index contributed by atoms with van der Waals surface area (Å²) in [5.74, 6) is 0.729. The number of hydrogen-bond donors (Lipinski definition) is 1. The maximum absolute atomic E-state index is 11.9. The molecular weight excluding hydrogens is 344 g/mol. The van der Waals surface area contributed by atoms with E-state index in [9.17, 15) is 4.79 Å². The first kappa shape index (κ1) is 24.1. The molecule has 3 nitrogen and oxygen atoms in total. The summed E-state index contributed by atoms with van der Waals surface area (Å²) in [7, 11) is 0. The van der Waals surface area contributed by atoms with Crippen LogP contribution in [0.25, 0.3) is 0 Å². The van der Waals surface area contributed by atoms with Crippen LogP contribution in [0.15, 0.2) is 42.6 Å². The Labute approximate surface area is 172 Å². The fourth-order valence-corrected chi connectivity index (χ4v) is 3.01. The van der Waals surface area contributed by atoms with Crippen LogP contribution < -0.4 is 5.32 Å². The second-order valence-electron chi connectivity index (χ2n) is 7.43. The summed E-state index contributed by atoms with van der Waals surface area (Å²) in [5.41, 5.74) is 1.19. The van der Waals surface area contributed by atoms with Gasteiger partial charge in [-0.15, -0.1) is 0 Å². The normalized spacial score (nSPS) is 11.5. The molecule has 0 aromatic carbocycles. The van der Waals surface area contributed by atoms with E-state index >= 15 is 0 Å². The zero-order chi connectivity index (χ0) is 20.3. The number of carbonyl (C=O) groups is 1. The number of hydrogen-bond acceptors (Lipinski definition) is 2. The molecule has 0 atom stereocenters. The van der Waals surface area contributed by atoms with Crippen LogP contribution in [-0.4, -0.2) is 10.9 Å². The molecule has 156 valence electrons. The first-order chi connectivity index (χ1) is 13.8. The van der Waals surface area contributed by atoms with Gasteiger partial charge in [-0.25, -0.2) is 4.98 Å². The zero-order valence-corrected chi connectivity index (χ0v) is 18.1. The van der Waals surface area contributed by atoms with E-state index in [1.165, 1.54) is 56.9 Å². The number of allylic oxidation sites excluding steroid dienone is 4. The van der Waals surface area contributed by atoms with Crippen molar-refractivity contribution in [3.05, 3.63) is 48.2 Å². The van der Waals surface area contributed by atoms with Gasteiger partial charge < -0.3 is 5.32 Å². The minimum atomic E-state index is 0.0717. The van der Waals surface area contributed by atoms with E-state index in [4.69, 9.17) is 0 Å². The predicted octanol–water partition coefficient (Wildman–Crippen LogP) is 7.40. The summed E-state index contributed by atoms with van der Waals surface area (Å²) in [5, 5.41) is 2.88. The third-order valence-electron chi connectivity index (χ3n) is 4.85. The first-order valence-corrected chi connectivity index (χ1v) is 11.3. The van der Waals surface area contributed by atoms with Gasteiger partial charge in [-0.05, 0) is 56.6 Å². The van der Waals surface area contributed by atoms with Crippen LogP contribution in [-0.2, 0) is 11.2 Å². The number of nitrogens with zero attached hydrogens (tertiary/aromatic N) is 1. The first-order valence-electron chi connectivity index (χ1n) is 11.3. The Balaban J connectivity index is 1.92. The molecule has 0 spiro atoms. The summed E-state index contributed by atoms with van der Waals surface area (Å²) < 4.78 is 0. The fourth-order valence-electron chi connectivity index (χ4n) is 3.01. The summed E-state index contributed by atoms with van der Waals surface area (Å²) >= 11 is 0. The Morgan fingerprint density at radius 2 is 1.57 bits per heavy atom. The lowest BCUT2D eigenvalue weighted by atomic mass is 10.1. The van der Waals surface area contributed by atoms with E-state index in [0.29, 0.717) is 12.2 Å². The number of unbranched alkanes of at least 4 members (excludes halogenated alkanes) is 8. The maximum Gasteiger partial charge on any atom is 0.225 e. The molecule has 0 fully saturated rings. The Morgan fingerprint density at radius 3 is 2.21 bits per heavy atom. The van der Waals surface area contributed by atoms with Crippen LogP contribution in [0.4, 0.5) is 5.82 Å². The van der Waals surface area contributed by atoms with Gasteiger partial charge in [-0.3, -0.25) is 4.79 Å². The van der Waals surface area contributed by atoms with Gasteiger partial charge >= 0.3 is 0 Å². The highest BCUT2D eigenvalue weighted by Crippen LogP contribution is 2.10. The molecule has 1 aromatic rings. The Kier molecular flexibility index (Phi) is 14.8. The van der Waals surface area contributed by atoms with Crippen molar-refractivity contribution in [2.75, 3.05) is 5.32 Å². The van der Waals surface area contributed by atoms with Crippen LogP contribution >= 0.6 is 0 Å². The summed E-state index contributed by atoms with van der Waals surface area (Å²) in [6.45, 7) is 4.34. The molecule has 0 aliphatic rings. The molecule has 1 rings (SSSR count). The standard InChI is InChI=1S/C25H40N2O/c1-3-5-6-7-8-9-10-11-12-13-14-15-16-17-18-19-25(28)27-24-21-20-23(4-2)22-26-24/h8-9,11-12,20-22H,3-7,10,13-19H2,1-2H3,(H,26,27,28)/b9-8-,12-11-. The van der Waals surface area contributed by atoms with Gasteiger partial charge in [-0.1, -0.05) is 76.3 Å². The van der Waals surface area contributed by atoms with Crippen molar-refractivity contribution in [2.24, 2.45) is 0 Å². The van der Waals surface area contributed by atoms with Gasteiger partial charge in [0.2, 0.25) is 5.91 Å². The average Bonchev–Trinajstić information content (AvgIpc) is 2.71. The lowest BCUT2D eigenvalue weighted by Gasteiger charge is -2.05. The third kappa shape index (κ3) is 13.3. The molecule has 1 aromatic heterocycles. The monoisotopic (exact) mass is 384 g/mol. The largest absolute Gasteiger partial charge is 0.311 e. The zero-order valence-electron chi connectivity index (χ0n) is 18.1. The van der Waals surface area contributed by atoms with Gasteiger partial charge in [0.15, 0.2) is 0 Å². The highest BCUT2D eigenvalue weighted by Gasteiger charge is 2.03. The van der Waals surface area contributed by atoms with E-state index in [1.807, 2.05) is 18.3 Å². The van der Waals surface area contributed by atoms with Crippen LogP contribution in [0.2, 0.25) is 0 Å². The van der Waals surface area contributed by atoms with E-state index < -0.39 is 0 Å².